The molecule has 0 radical (unpaired) electrons. The predicted octanol–water partition coefficient (Wildman–Crippen LogP) is 5.00. The SMILES string of the molecule is C[C@@H](Cn1ccc(-c2ccc(C#N)c(Cl)c2)n1)c1sc(-c2ccnn2C2CCCCO2)nc1C(N)=O. The van der Waals surface area contributed by atoms with Gasteiger partial charge < -0.3 is 10.5 Å². The highest BCUT2D eigenvalue weighted by Crippen LogP contribution is 2.36. The average Bonchev–Trinajstić information content (AvgIpc) is 3.63. The maximum Gasteiger partial charge on any atom is 0.268 e. The molecule has 1 unspecified atom stereocenters. The Morgan fingerprint density at radius 3 is 2.94 bits per heavy atom. The molecule has 0 spiro atoms. The summed E-state index contributed by atoms with van der Waals surface area (Å²) in [5.41, 5.74) is 8.78. The minimum atomic E-state index is -0.562. The number of nitrogens with two attached hydrogens (primary N) is 1. The van der Waals surface area contributed by atoms with Crippen LogP contribution in [0.15, 0.2) is 42.7 Å². The molecule has 4 aromatic rings. The number of nitriles is 1. The van der Waals surface area contributed by atoms with Crippen LogP contribution in [0.4, 0.5) is 0 Å². The van der Waals surface area contributed by atoms with Gasteiger partial charge in [-0.15, -0.1) is 11.3 Å². The van der Waals surface area contributed by atoms with Gasteiger partial charge in [-0.05, 0) is 43.5 Å². The Kier molecular flexibility index (Phi) is 6.87. The third kappa shape index (κ3) is 4.78. The molecule has 0 aliphatic carbocycles. The molecule has 0 saturated carbocycles. The van der Waals surface area contributed by atoms with E-state index in [0.717, 1.165) is 41.1 Å². The van der Waals surface area contributed by atoms with Crippen molar-refractivity contribution >= 4 is 28.8 Å². The summed E-state index contributed by atoms with van der Waals surface area (Å²) in [5, 5.41) is 19.3. The van der Waals surface area contributed by atoms with Gasteiger partial charge in [0.2, 0.25) is 0 Å². The topological polar surface area (TPSA) is 125 Å². The summed E-state index contributed by atoms with van der Waals surface area (Å²) in [4.78, 5) is 17.7. The molecular weight excluding hydrogens is 498 g/mol. The molecule has 184 valence electrons. The normalized spacial score (nSPS) is 16.5. The Balaban J connectivity index is 1.39. The number of primary amides is 1. The van der Waals surface area contributed by atoms with Crippen molar-refractivity contribution in [2.75, 3.05) is 6.61 Å². The van der Waals surface area contributed by atoms with Crippen LogP contribution in [-0.4, -0.2) is 37.1 Å². The summed E-state index contributed by atoms with van der Waals surface area (Å²) in [7, 11) is 0. The van der Waals surface area contributed by atoms with Crippen molar-refractivity contribution in [3.05, 3.63) is 63.9 Å². The first kappa shape index (κ1) is 24.2. The number of ether oxygens (including phenoxy) is 1. The Morgan fingerprint density at radius 2 is 2.22 bits per heavy atom. The third-order valence-electron chi connectivity index (χ3n) is 6.14. The first-order valence-corrected chi connectivity index (χ1v) is 12.8. The van der Waals surface area contributed by atoms with Gasteiger partial charge in [-0.2, -0.15) is 15.5 Å². The average molecular weight is 522 g/mol. The first-order chi connectivity index (χ1) is 17.4. The number of amides is 1. The van der Waals surface area contributed by atoms with Crippen molar-refractivity contribution in [3.8, 4) is 28.0 Å². The molecule has 1 aromatic carbocycles. The first-order valence-electron chi connectivity index (χ1n) is 11.6. The number of carbonyl (C=O) groups is 1. The molecule has 11 heteroatoms. The molecule has 3 aromatic heterocycles. The number of aromatic nitrogens is 5. The van der Waals surface area contributed by atoms with E-state index in [0.29, 0.717) is 28.7 Å². The Labute approximate surface area is 217 Å². The van der Waals surface area contributed by atoms with Gasteiger partial charge in [0.15, 0.2) is 6.23 Å². The molecule has 4 heterocycles. The van der Waals surface area contributed by atoms with Gasteiger partial charge in [0.1, 0.15) is 16.8 Å². The van der Waals surface area contributed by atoms with Gasteiger partial charge >= 0.3 is 0 Å². The van der Waals surface area contributed by atoms with Crippen LogP contribution in [0.5, 0.6) is 0 Å². The van der Waals surface area contributed by atoms with E-state index in [1.165, 1.54) is 11.3 Å². The summed E-state index contributed by atoms with van der Waals surface area (Å²) in [6.07, 6.45) is 6.48. The van der Waals surface area contributed by atoms with Gasteiger partial charge in [0.05, 0.1) is 22.0 Å². The van der Waals surface area contributed by atoms with Crippen LogP contribution in [0.3, 0.4) is 0 Å². The Morgan fingerprint density at radius 1 is 1.36 bits per heavy atom. The molecule has 2 N–H and O–H groups in total. The van der Waals surface area contributed by atoms with Crippen LogP contribution in [0, 0.1) is 11.3 Å². The number of benzene rings is 1. The second-order valence-corrected chi connectivity index (χ2v) is 10.1. The van der Waals surface area contributed by atoms with Gasteiger partial charge in [-0.3, -0.25) is 9.48 Å². The van der Waals surface area contributed by atoms with Gasteiger partial charge in [0.25, 0.3) is 5.91 Å². The highest BCUT2D eigenvalue weighted by molar-refractivity contribution is 7.15. The molecule has 1 aliphatic rings. The van der Waals surface area contributed by atoms with Crippen LogP contribution in [0.2, 0.25) is 5.02 Å². The van der Waals surface area contributed by atoms with Crippen molar-refractivity contribution in [2.24, 2.45) is 5.73 Å². The summed E-state index contributed by atoms with van der Waals surface area (Å²) in [5.74, 6) is -0.633. The molecule has 0 bridgehead atoms. The van der Waals surface area contributed by atoms with Crippen LogP contribution in [0.25, 0.3) is 22.0 Å². The van der Waals surface area contributed by atoms with Crippen molar-refractivity contribution in [2.45, 2.75) is 44.9 Å². The van der Waals surface area contributed by atoms with Gasteiger partial charge in [-0.1, -0.05) is 24.6 Å². The van der Waals surface area contributed by atoms with E-state index in [9.17, 15) is 4.79 Å². The maximum absolute atomic E-state index is 12.3. The smallest absolute Gasteiger partial charge is 0.268 e. The zero-order chi connectivity index (χ0) is 25.2. The fourth-order valence-electron chi connectivity index (χ4n) is 4.33. The largest absolute Gasteiger partial charge is 0.364 e. The third-order valence-corrected chi connectivity index (χ3v) is 7.76. The summed E-state index contributed by atoms with van der Waals surface area (Å²) >= 11 is 7.63. The molecule has 1 fully saturated rings. The highest BCUT2D eigenvalue weighted by Gasteiger charge is 2.26. The number of thiazole rings is 1. The van der Waals surface area contributed by atoms with Crippen molar-refractivity contribution in [1.82, 2.24) is 24.5 Å². The van der Waals surface area contributed by atoms with E-state index < -0.39 is 5.91 Å². The zero-order valence-electron chi connectivity index (χ0n) is 19.6. The summed E-state index contributed by atoms with van der Waals surface area (Å²) < 4.78 is 9.57. The number of carbonyl (C=O) groups excluding carboxylic acids is 1. The minimum Gasteiger partial charge on any atom is -0.364 e. The Bertz CT molecular complexity index is 1440. The summed E-state index contributed by atoms with van der Waals surface area (Å²) in [6.45, 7) is 3.25. The quantitative estimate of drug-likeness (QED) is 0.365. The molecule has 2 atom stereocenters. The second-order valence-electron chi connectivity index (χ2n) is 8.71. The van der Waals surface area contributed by atoms with Crippen LogP contribution in [0.1, 0.15) is 59.3 Å². The molecule has 1 aliphatic heterocycles. The molecule has 5 rings (SSSR count). The summed E-state index contributed by atoms with van der Waals surface area (Å²) in [6, 6.07) is 11.1. The van der Waals surface area contributed by atoms with E-state index in [1.54, 1.807) is 18.3 Å². The zero-order valence-corrected chi connectivity index (χ0v) is 21.2. The lowest BCUT2D eigenvalue weighted by atomic mass is 10.1. The highest BCUT2D eigenvalue weighted by atomic mass is 35.5. The van der Waals surface area contributed by atoms with Gasteiger partial charge in [-0.25, -0.2) is 9.67 Å². The minimum absolute atomic E-state index is 0.0710. The van der Waals surface area contributed by atoms with Crippen LogP contribution in [-0.2, 0) is 11.3 Å². The van der Waals surface area contributed by atoms with Crippen molar-refractivity contribution < 1.29 is 9.53 Å². The number of hydrogen-bond acceptors (Lipinski definition) is 7. The standard InChI is InChI=1S/C25H24ClN7O2S/c1-15(14-32-10-8-19(31-32)16-5-6-17(13-27)18(26)12-16)23-22(24(28)34)30-25(36-23)20-7-9-29-33(20)21-4-2-3-11-35-21/h5-10,12,15,21H,2-4,11,14H2,1H3,(H2,28,34)/t15-,21?/m0/s1. The lowest BCUT2D eigenvalue weighted by Crippen LogP contribution is -2.20. The molecule has 1 amide bonds. The fourth-order valence-corrected chi connectivity index (χ4v) is 5.68. The van der Waals surface area contributed by atoms with E-state index in [-0.39, 0.29) is 17.8 Å². The van der Waals surface area contributed by atoms with Crippen molar-refractivity contribution in [3.63, 3.8) is 0 Å². The predicted molar refractivity (Wildman–Crippen MR) is 136 cm³/mol. The molecule has 9 nitrogen and oxygen atoms in total. The number of halogens is 1. The van der Waals surface area contributed by atoms with E-state index in [1.807, 2.05) is 40.7 Å². The monoisotopic (exact) mass is 521 g/mol. The molecule has 36 heavy (non-hydrogen) atoms. The number of hydrogen-bond donors (Lipinski definition) is 1. The van der Waals surface area contributed by atoms with E-state index >= 15 is 0 Å². The molecular formula is C25H24ClN7O2S. The van der Waals surface area contributed by atoms with Gasteiger partial charge in [0, 0.05) is 41.9 Å². The maximum atomic E-state index is 12.3. The Hall–Kier alpha value is -3.52. The fraction of sp³-hybridized carbons (Fsp3) is 0.320. The van der Waals surface area contributed by atoms with Crippen LogP contribution < -0.4 is 5.73 Å². The molecule has 1 saturated heterocycles. The lowest BCUT2D eigenvalue weighted by Gasteiger charge is -2.24. The second kappa shape index (κ2) is 10.2. The van der Waals surface area contributed by atoms with E-state index in [2.05, 4.69) is 21.3 Å². The number of nitrogens with zero attached hydrogens (tertiary/aromatic N) is 6. The van der Waals surface area contributed by atoms with Crippen molar-refractivity contribution in [1.29, 1.82) is 5.26 Å². The van der Waals surface area contributed by atoms with E-state index in [4.69, 9.17) is 27.3 Å². The lowest BCUT2D eigenvalue weighted by molar-refractivity contribution is -0.0383. The number of rotatable bonds is 7. The van der Waals surface area contributed by atoms with Crippen LogP contribution >= 0.6 is 22.9 Å².